The molecule has 188 valence electrons. The molecule has 0 atom stereocenters. The number of halogens is 5. The van der Waals surface area contributed by atoms with Gasteiger partial charge in [-0.3, -0.25) is 23.9 Å². The standard InChI is InChI=1S/C22H17F5N6O3/c1-4-33-18-19(31(2)22(35)32(3)20(18)34)29-21(33)36-11-7-5-10(6-8-11)9-28-30-17-15(26)13(24)12(23)14(25)16(17)27/h5-9,30H,4H2,1-3H3/b28-9-. The molecule has 0 unspecified atom stereocenters. The van der Waals surface area contributed by atoms with E-state index in [2.05, 4.69) is 10.1 Å². The maximum atomic E-state index is 13.7. The van der Waals surface area contributed by atoms with E-state index in [0.29, 0.717) is 17.9 Å². The van der Waals surface area contributed by atoms with E-state index in [1.165, 1.54) is 47.5 Å². The molecule has 0 spiro atoms. The maximum Gasteiger partial charge on any atom is 0.332 e. The van der Waals surface area contributed by atoms with E-state index in [4.69, 9.17) is 4.74 Å². The van der Waals surface area contributed by atoms with Gasteiger partial charge in [-0.2, -0.15) is 10.1 Å². The Balaban J connectivity index is 1.57. The first-order valence-corrected chi connectivity index (χ1v) is 10.3. The number of fused-ring (bicyclic) bond motifs is 1. The van der Waals surface area contributed by atoms with Gasteiger partial charge in [-0.05, 0) is 36.8 Å². The molecule has 0 radical (unpaired) electrons. The predicted octanol–water partition coefficient (Wildman–Crippen LogP) is 3.39. The molecule has 0 aliphatic rings. The Morgan fingerprint density at radius 1 is 0.944 bits per heavy atom. The van der Waals surface area contributed by atoms with Crippen LogP contribution in [-0.4, -0.2) is 24.9 Å². The van der Waals surface area contributed by atoms with Crippen LogP contribution in [-0.2, 0) is 20.6 Å². The summed E-state index contributed by atoms with van der Waals surface area (Å²) in [5, 5.41) is 3.51. The molecule has 0 aliphatic heterocycles. The molecule has 0 aliphatic carbocycles. The molecule has 2 aromatic carbocycles. The largest absolute Gasteiger partial charge is 0.425 e. The van der Waals surface area contributed by atoms with Gasteiger partial charge in [0.25, 0.3) is 5.56 Å². The Labute approximate surface area is 198 Å². The smallest absolute Gasteiger partial charge is 0.332 e. The highest BCUT2D eigenvalue weighted by Crippen LogP contribution is 2.27. The molecular weight excluding hydrogens is 491 g/mol. The van der Waals surface area contributed by atoms with Crippen molar-refractivity contribution in [2.75, 3.05) is 5.43 Å². The van der Waals surface area contributed by atoms with Crippen LogP contribution in [0.1, 0.15) is 12.5 Å². The van der Waals surface area contributed by atoms with Gasteiger partial charge in [0.2, 0.25) is 5.82 Å². The quantitative estimate of drug-likeness (QED) is 0.142. The summed E-state index contributed by atoms with van der Waals surface area (Å²) < 4.78 is 76.6. The van der Waals surface area contributed by atoms with Crippen LogP contribution >= 0.6 is 0 Å². The topological polar surface area (TPSA) is 95.4 Å². The van der Waals surface area contributed by atoms with Gasteiger partial charge in [0.05, 0.1) is 6.21 Å². The molecule has 2 heterocycles. The molecule has 0 fully saturated rings. The normalized spacial score (nSPS) is 11.6. The number of aromatic nitrogens is 4. The average Bonchev–Trinajstić information content (AvgIpc) is 3.25. The maximum absolute atomic E-state index is 13.7. The van der Waals surface area contributed by atoms with Gasteiger partial charge in [0, 0.05) is 20.6 Å². The van der Waals surface area contributed by atoms with E-state index in [1.54, 1.807) is 6.92 Å². The summed E-state index contributed by atoms with van der Waals surface area (Å²) in [4.78, 5) is 29.1. The highest BCUT2D eigenvalue weighted by Gasteiger charge is 2.25. The second-order valence-corrected chi connectivity index (χ2v) is 7.50. The number of hydrogen-bond donors (Lipinski definition) is 1. The molecule has 2 aromatic heterocycles. The zero-order valence-electron chi connectivity index (χ0n) is 18.9. The third kappa shape index (κ3) is 3.99. The van der Waals surface area contributed by atoms with Crippen molar-refractivity contribution in [1.82, 2.24) is 18.7 Å². The van der Waals surface area contributed by atoms with Crippen molar-refractivity contribution >= 4 is 23.1 Å². The van der Waals surface area contributed by atoms with Crippen molar-refractivity contribution in [1.29, 1.82) is 0 Å². The summed E-state index contributed by atoms with van der Waals surface area (Å²) >= 11 is 0. The molecule has 36 heavy (non-hydrogen) atoms. The van der Waals surface area contributed by atoms with Gasteiger partial charge in [-0.15, -0.1) is 0 Å². The van der Waals surface area contributed by atoms with Crippen LogP contribution in [0.4, 0.5) is 27.6 Å². The van der Waals surface area contributed by atoms with Crippen molar-refractivity contribution in [3.8, 4) is 11.8 Å². The van der Waals surface area contributed by atoms with Crippen molar-refractivity contribution in [2.24, 2.45) is 19.2 Å². The van der Waals surface area contributed by atoms with Crippen LogP contribution < -0.4 is 21.4 Å². The minimum Gasteiger partial charge on any atom is -0.425 e. The minimum atomic E-state index is -2.27. The van der Waals surface area contributed by atoms with Crippen LogP contribution in [0.3, 0.4) is 0 Å². The zero-order chi connectivity index (χ0) is 26.3. The van der Waals surface area contributed by atoms with E-state index in [9.17, 15) is 31.5 Å². The molecule has 1 N–H and O–H groups in total. The summed E-state index contributed by atoms with van der Waals surface area (Å²) in [5.74, 6) is -10.2. The number of benzene rings is 2. The monoisotopic (exact) mass is 508 g/mol. The summed E-state index contributed by atoms with van der Waals surface area (Å²) in [6, 6.07) is 6.05. The van der Waals surface area contributed by atoms with Gasteiger partial charge < -0.3 is 4.74 Å². The van der Waals surface area contributed by atoms with Gasteiger partial charge in [0.1, 0.15) is 11.4 Å². The zero-order valence-corrected chi connectivity index (χ0v) is 18.9. The molecule has 0 amide bonds. The van der Waals surface area contributed by atoms with Gasteiger partial charge >= 0.3 is 11.7 Å². The Hall–Kier alpha value is -4.49. The lowest BCUT2D eigenvalue weighted by Gasteiger charge is -2.08. The number of aryl methyl sites for hydroxylation is 2. The second kappa shape index (κ2) is 9.28. The highest BCUT2D eigenvalue weighted by atomic mass is 19.2. The lowest BCUT2D eigenvalue weighted by atomic mass is 10.2. The molecule has 4 aromatic rings. The number of ether oxygens (including phenoxy) is 1. The van der Waals surface area contributed by atoms with Gasteiger partial charge in [-0.1, -0.05) is 0 Å². The highest BCUT2D eigenvalue weighted by molar-refractivity contribution is 5.80. The third-order valence-electron chi connectivity index (χ3n) is 5.32. The average molecular weight is 508 g/mol. The lowest BCUT2D eigenvalue weighted by Crippen LogP contribution is -2.37. The van der Waals surface area contributed by atoms with E-state index >= 15 is 0 Å². The van der Waals surface area contributed by atoms with Gasteiger partial charge in [-0.25, -0.2) is 26.7 Å². The molecule has 0 bridgehead atoms. The second-order valence-electron chi connectivity index (χ2n) is 7.50. The van der Waals surface area contributed by atoms with E-state index in [0.717, 1.165) is 10.8 Å². The first-order chi connectivity index (χ1) is 17.1. The number of hydrogen-bond acceptors (Lipinski definition) is 6. The Bertz CT molecular complexity index is 1610. The number of anilines is 1. The molecular formula is C22H17F5N6O3. The molecule has 0 saturated heterocycles. The van der Waals surface area contributed by atoms with Crippen molar-refractivity contribution in [3.63, 3.8) is 0 Å². The first-order valence-electron chi connectivity index (χ1n) is 10.3. The van der Waals surface area contributed by atoms with Crippen LogP contribution in [0.25, 0.3) is 11.2 Å². The molecule has 14 heteroatoms. The van der Waals surface area contributed by atoms with Crippen molar-refractivity contribution in [3.05, 3.63) is 79.8 Å². The number of hydrazone groups is 1. The van der Waals surface area contributed by atoms with Crippen LogP contribution in [0.15, 0.2) is 39.0 Å². The van der Waals surface area contributed by atoms with E-state index in [-0.39, 0.29) is 17.2 Å². The molecule has 0 saturated carbocycles. The first kappa shape index (κ1) is 24.6. The number of imidazole rings is 1. The van der Waals surface area contributed by atoms with Crippen LogP contribution in [0.2, 0.25) is 0 Å². The summed E-state index contributed by atoms with van der Waals surface area (Å²) in [6.07, 6.45) is 1.09. The fourth-order valence-corrected chi connectivity index (χ4v) is 3.40. The fraction of sp³-hybridized carbons (Fsp3) is 0.182. The Morgan fingerprint density at radius 3 is 2.11 bits per heavy atom. The summed E-state index contributed by atoms with van der Waals surface area (Å²) in [7, 11) is 2.84. The van der Waals surface area contributed by atoms with Crippen molar-refractivity contribution < 1.29 is 26.7 Å². The molecule has 9 nitrogen and oxygen atoms in total. The van der Waals surface area contributed by atoms with Gasteiger partial charge in [0.15, 0.2) is 34.4 Å². The van der Waals surface area contributed by atoms with Crippen molar-refractivity contribution in [2.45, 2.75) is 13.5 Å². The predicted molar refractivity (Wildman–Crippen MR) is 120 cm³/mol. The minimum absolute atomic E-state index is 0.0696. The Morgan fingerprint density at radius 2 is 1.53 bits per heavy atom. The van der Waals surface area contributed by atoms with E-state index in [1.807, 2.05) is 5.43 Å². The Kier molecular flexibility index (Phi) is 6.35. The fourth-order valence-electron chi connectivity index (χ4n) is 3.40. The number of rotatable bonds is 6. The lowest BCUT2D eigenvalue weighted by molar-refractivity contribution is 0.381. The number of nitrogens with one attached hydrogen (secondary N) is 1. The third-order valence-corrected chi connectivity index (χ3v) is 5.32. The molecule has 4 rings (SSSR count). The summed E-state index contributed by atoms with van der Waals surface area (Å²) in [6.45, 7) is 2.10. The summed E-state index contributed by atoms with van der Waals surface area (Å²) in [5.41, 5.74) is 0.197. The SMILES string of the molecule is CCn1c(Oc2ccc(/C=N\Nc3c(F)c(F)c(F)c(F)c3F)cc2)nc2c1c(=O)n(C)c(=O)n2C. The number of nitrogens with zero attached hydrogens (tertiary/aromatic N) is 5. The van der Waals surface area contributed by atoms with E-state index < -0.39 is 46.0 Å². The van der Waals surface area contributed by atoms with Crippen LogP contribution in [0.5, 0.6) is 11.8 Å². The van der Waals surface area contributed by atoms with Crippen LogP contribution in [0, 0.1) is 29.1 Å².